The second kappa shape index (κ2) is 14.3. The number of carbonyl (C=O) groups is 5. The third-order valence-corrected chi connectivity index (χ3v) is 3.26. The van der Waals surface area contributed by atoms with Gasteiger partial charge in [0.1, 0.15) is 12.6 Å². The van der Waals surface area contributed by atoms with E-state index in [1.54, 1.807) is 13.8 Å². The van der Waals surface area contributed by atoms with E-state index >= 15 is 0 Å². The molecule has 2 unspecified atom stereocenters. The third-order valence-electron chi connectivity index (χ3n) is 3.26. The van der Waals surface area contributed by atoms with Crippen molar-refractivity contribution >= 4 is 29.6 Å². The van der Waals surface area contributed by atoms with Crippen LogP contribution >= 0.6 is 0 Å². The first-order valence-electron chi connectivity index (χ1n) is 8.86. The Bertz CT molecular complexity index is 554. The van der Waals surface area contributed by atoms with Gasteiger partial charge in [0.05, 0.1) is 25.7 Å². The van der Waals surface area contributed by atoms with Crippen LogP contribution in [0, 0.1) is 0 Å². The number of aliphatic hydroxyl groups is 1. The molecule has 0 aromatic heterocycles. The predicted octanol–water partition coefficient (Wildman–Crippen LogP) is -3.33. The first kappa shape index (κ1) is 25.3. The Morgan fingerprint density at radius 3 is 1.96 bits per heavy atom. The number of amides is 4. The van der Waals surface area contributed by atoms with Crippen molar-refractivity contribution in [1.29, 1.82) is 0 Å². The molecule has 0 saturated heterocycles. The summed E-state index contributed by atoms with van der Waals surface area (Å²) in [6.07, 6.45) is 0.283. The van der Waals surface area contributed by atoms with Gasteiger partial charge in [0.2, 0.25) is 23.6 Å². The molecular formula is C16H29N5O7. The van der Waals surface area contributed by atoms with E-state index in [1.165, 1.54) is 0 Å². The fourth-order valence-electron chi connectivity index (χ4n) is 1.97. The van der Waals surface area contributed by atoms with Crippen molar-refractivity contribution in [3.8, 4) is 0 Å². The van der Waals surface area contributed by atoms with Gasteiger partial charge in [0.25, 0.3) is 0 Å². The van der Waals surface area contributed by atoms with Crippen molar-refractivity contribution < 1.29 is 34.2 Å². The van der Waals surface area contributed by atoms with Gasteiger partial charge in [-0.2, -0.15) is 0 Å². The molecule has 0 aromatic rings. The number of carboxylic acids is 1. The molecule has 28 heavy (non-hydrogen) atoms. The average Bonchev–Trinajstić information content (AvgIpc) is 2.62. The molecule has 0 radical (unpaired) electrons. The monoisotopic (exact) mass is 403 g/mol. The lowest BCUT2D eigenvalue weighted by Crippen LogP contribution is -2.51. The van der Waals surface area contributed by atoms with Crippen molar-refractivity contribution in [2.75, 3.05) is 32.7 Å². The maximum absolute atomic E-state index is 11.9. The van der Waals surface area contributed by atoms with Crippen LogP contribution in [0.4, 0.5) is 0 Å². The summed E-state index contributed by atoms with van der Waals surface area (Å²) in [7, 11) is 0. The number of aliphatic carboxylic acids is 1. The summed E-state index contributed by atoms with van der Waals surface area (Å²) in [5, 5.41) is 29.5. The second-order valence-electron chi connectivity index (χ2n) is 6.05. The Labute approximate surface area is 162 Å². The van der Waals surface area contributed by atoms with Gasteiger partial charge in [-0.3, -0.25) is 24.0 Å². The van der Waals surface area contributed by atoms with E-state index in [-0.39, 0.29) is 19.6 Å². The number of nitrogens with one attached hydrogen (secondary N) is 5. The summed E-state index contributed by atoms with van der Waals surface area (Å²) in [5.41, 5.74) is 0. The zero-order chi connectivity index (χ0) is 21.5. The highest BCUT2D eigenvalue weighted by atomic mass is 16.4. The molecule has 160 valence electrons. The van der Waals surface area contributed by atoms with Crippen molar-refractivity contribution in [2.24, 2.45) is 0 Å². The van der Waals surface area contributed by atoms with Gasteiger partial charge >= 0.3 is 5.97 Å². The van der Waals surface area contributed by atoms with Crippen molar-refractivity contribution in [1.82, 2.24) is 26.6 Å². The standard InChI is InChI=1S/C16H29N5O7/c1-3-4-11(16(28)20-9-15(26)27)21-14(25)8-19-13(24)7-18-12(23)6-17-5-10(2)22/h10-11,17,22H,3-9H2,1-2H3,(H,18,23)(H,19,24)(H,20,28)(H,21,25)(H,26,27). The molecule has 0 saturated carbocycles. The number of hydrogen-bond acceptors (Lipinski definition) is 7. The summed E-state index contributed by atoms with van der Waals surface area (Å²) < 4.78 is 0. The van der Waals surface area contributed by atoms with Crippen LogP contribution < -0.4 is 26.6 Å². The van der Waals surface area contributed by atoms with Gasteiger partial charge in [-0.15, -0.1) is 0 Å². The lowest BCUT2D eigenvalue weighted by atomic mass is 10.1. The fraction of sp³-hybridized carbons (Fsp3) is 0.688. The quantitative estimate of drug-likeness (QED) is 0.157. The molecule has 0 aliphatic carbocycles. The van der Waals surface area contributed by atoms with Crippen LogP contribution in [0.1, 0.15) is 26.7 Å². The molecule has 12 heteroatoms. The van der Waals surface area contributed by atoms with Gasteiger partial charge < -0.3 is 36.8 Å². The van der Waals surface area contributed by atoms with Crippen LogP contribution in [0.15, 0.2) is 0 Å². The molecule has 0 fully saturated rings. The van der Waals surface area contributed by atoms with E-state index in [0.717, 1.165) is 0 Å². The molecule has 0 rings (SSSR count). The minimum absolute atomic E-state index is 0.0666. The first-order valence-corrected chi connectivity index (χ1v) is 8.86. The molecule has 2 atom stereocenters. The summed E-state index contributed by atoms with van der Waals surface area (Å²) in [5.74, 6) is -3.49. The molecule has 0 spiro atoms. The lowest BCUT2D eigenvalue weighted by molar-refractivity contribution is -0.138. The maximum atomic E-state index is 11.9. The molecule has 4 amide bonds. The van der Waals surface area contributed by atoms with E-state index in [9.17, 15) is 24.0 Å². The zero-order valence-corrected chi connectivity index (χ0v) is 16.0. The molecule has 0 aliphatic heterocycles. The molecule has 0 aliphatic rings. The number of carbonyl (C=O) groups excluding carboxylic acids is 4. The first-order chi connectivity index (χ1) is 13.1. The van der Waals surface area contributed by atoms with E-state index in [1.807, 2.05) is 0 Å². The maximum Gasteiger partial charge on any atom is 0.322 e. The summed E-state index contributed by atoms with van der Waals surface area (Å²) in [6.45, 7) is 2.23. The summed E-state index contributed by atoms with van der Waals surface area (Å²) in [6, 6.07) is -0.909. The van der Waals surface area contributed by atoms with Gasteiger partial charge in [-0.05, 0) is 13.3 Å². The SMILES string of the molecule is CCCC(NC(=O)CNC(=O)CNC(=O)CNCC(C)O)C(=O)NCC(=O)O. The highest BCUT2D eigenvalue weighted by Gasteiger charge is 2.20. The minimum atomic E-state index is -1.20. The average molecular weight is 403 g/mol. The number of aliphatic hydroxyl groups excluding tert-OH is 1. The Kier molecular flexibility index (Phi) is 12.9. The number of hydrogen-bond donors (Lipinski definition) is 7. The number of rotatable bonds is 14. The molecule has 7 N–H and O–H groups in total. The van der Waals surface area contributed by atoms with Crippen molar-refractivity contribution in [2.45, 2.75) is 38.8 Å². The van der Waals surface area contributed by atoms with Gasteiger partial charge in [0.15, 0.2) is 0 Å². The zero-order valence-electron chi connectivity index (χ0n) is 16.0. The van der Waals surface area contributed by atoms with Crippen LogP contribution in [-0.2, 0) is 24.0 Å². The third kappa shape index (κ3) is 13.5. The van der Waals surface area contributed by atoms with Crippen LogP contribution in [-0.4, -0.2) is 84.7 Å². The molecule has 0 aromatic carbocycles. The molecular weight excluding hydrogens is 374 g/mol. The van der Waals surface area contributed by atoms with E-state index in [0.29, 0.717) is 12.8 Å². The normalized spacial score (nSPS) is 12.4. The largest absolute Gasteiger partial charge is 0.480 e. The number of carboxylic acid groups (broad SMARTS) is 1. The smallest absolute Gasteiger partial charge is 0.322 e. The van der Waals surface area contributed by atoms with Gasteiger partial charge in [0, 0.05) is 6.54 Å². The topological polar surface area (TPSA) is 186 Å². The Morgan fingerprint density at radius 1 is 0.857 bits per heavy atom. The van der Waals surface area contributed by atoms with Gasteiger partial charge in [-0.1, -0.05) is 13.3 Å². The Balaban J connectivity index is 4.18. The molecule has 12 nitrogen and oxygen atoms in total. The van der Waals surface area contributed by atoms with Crippen molar-refractivity contribution in [3.63, 3.8) is 0 Å². The van der Waals surface area contributed by atoms with Crippen molar-refractivity contribution in [3.05, 3.63) is 0 Å². The Hall–Kier alpha value is -2.73. The predicted molar refractivity (Wildman–Crippen MR) is 98.1 cm³/mol. The molecule has 0 heterocycles. The second-order valence-corrected chi connectivity index (χ2v) is 6.05. The van der Waals surface area contributed by atoms with Crippen LogP contribution in [0.2, 0.25) is 0 Å². The summed E-state index contributed by atoms with van der Waals surface area (Å²) >= 11 is 0. The van der Waals surface area contributed by atoms with E-state index in [4.69, 9.17) is 10.2 Å². The van der Waals surface area contributed by atoms with Crippen LogP contribution in [0.5, 0.6) is 0 Å². The fourth-order valence-corrected chi connectivity index (χ4v) is 1.97. The molecule has 0 bridgehead atoms. The Morgan fingerprint density at radius 2 is 1.43 bits per heavy atom. The minimum Gasteiger partial charge on any atom is -0.480 e. The summed E-state index contributed by atoms with van der Waals surface area (Å²) in [4.78, 5) is 57.3. The van der Waals surface area contributed by atoms with Gasteiger partial charge in [-0.25, -0.2) is 0 Å². The van der Waals surface area contributed by atoms with Crippen LogP contribution in [0.3, 0.4) is 0 Å². The van der Waals surface area contributed by atoms with E-state index in [2.05, 4.69) is 26.6 Å². The highest BCUT2D eigenvalue weighted by molar-refractivity contribution is 5.92. The highest BCUT2D eigenvalue weighted by Crippen LogP contribution is 1.96. The lowest BCUT2D eigenvalue weighted by Gasteiger charge is -2.17. The van der Waals surface area contributed by atoms with Crippen LogP contribution in [0.25, 0.3) is 0 Å². The van der Waals surface area contributed by atoms with E-state index < -0.39 is 54.8 Å².